The van der Waals surface area contributed by atoms with Gasteiger partial charge in [-0.05, 0) is 24.4 Å². The van der Waals surface area contributed by atoms with Gasteiger partial charge in [-0.1, -0.05) is 18.2 Å². The Balaban J connectivity index is 2.59. The average molecular weight is 259 g/mol. The summed E-state index contributed by atoms with van der Waals surface area (Å²) in [5.41, 5.74) is 6.65. The molecule has 0 radical (unpaired) electrons. The molecule has 1 aromatic carbocycles. The molecule has 5 heteroatoms. The first kappa shape index (κ1) is 13.3. The van der Waals surface area contributed by atoms with Crippen molar-refractivity contribution in [2.24, 2.45) is 5.73 Å². The SMILES string of the molecule is CCNC(=O)Cn1c(=O)c(CN)cc2ccccc21. The molecule has 0 aliphatic rings. The van der Waals surface area contributed by atoms with Crippen molar-refractivity contribution in [1.29, 1.82) is 0 Å². The number of rotatable bonds is 4. The summed E-state index contributed by atoms with van der Waals surface area (Å²) in [6, 6.07) is 9.26. The van der Waals surface area contributed by atoms with E-state index in [4.69, 9.17) is 5.73 Å². The molecule has 0 aliphatic heterocycles. The predicted molar refractivity (Wildman–Crippen MR) is 74.8 cm³/mol. The van der Waals surface area contributed by atoms with Crippen LogP contribution in [0.1, 0.15) is 12.5 Å². The Bertz CT molecular complexity index is 661. The van der Waals surface area contributed by atoms with Crippen LogP contribution in [-0.4, -0.2) is 17.0 Å². The molecule has 0 unspecified atom stereocenters. The van der Waals surface area contributed by atoms with Crippen LogP contribution in [0.25, 0.3) is 10.9 Å². The van der Waals surface area contributed by atoms with Gasteiger partial charge in [0.2, 0.25) is 5.91 Å². The molecule has 2 rings (SSSR count). The normalized spacial score (nSPS) is 10.6. The fourth-order valence-corrected chi connectivity index (χ4v) is 2.09. The highest BCUT2D eigenvalue weighted by molar-refractivity contribution is 5.82. The minimum atomic E-state index is -0.201. The van der Waals surface area contributed by atoms with Crippen molar-refractivity contribution < 1.29 is 4.79 Å². The standard InChI is InChI=1S/C14H17N3O2/c1-2-16-13(18)9-17-12-6-4-3-5-10(12)7-11(8-15)14(17)19/h3-7H,2,8-9,15H2,1H3,(H,16,18). The van der Waals surface area contributed by atoms with E-state index < -0.39 is 0 Å². The Morgan fingerprint density at radius 2 is 2.11 bits per heavy atom. The van der Waals surface area contributed by atoms with Gasteiger partial charge in [0, 0.05) is 18.7 Å². The smallest absolute Gasteiger partial charge is 0.256 e. The Labute approximate surface area is 111 Å². The van der Waals surface area contributed by atoms with Crippen molar-refractivity contribution in [1.82, 2.24) is 9.88 Å². The Morgan fingerprint density at radius 1 is 1.37 bits per heavy atom. The van der Waals surface area contributed by atoms with E-state index in [0.717, 1.165) is 10.9 Å². The van der Waals surface area contributed by atoms with E-state index in [0.29, 0.717) is 12.1 Å². The van der Waals surface area contributed by atoms with Gasteiger partial charge in [0.1, 0.15) is 6.54 Å². The zero-order valence-corrected chi connectivity index (χ0v) is 10.8. The summed E-state index contributed by atoms with van der Waals surface area (Å²) in [5.74, 6) is -0.177. The van der Waals surface area contributed by atoms with Crippen LogP contribution in [0.5, 0.6) is 0 Å². The number of nitrogens with two attached hydrogens (primary N) is 1. The maximum Gasteiger partial charge on any atom is 0.256 e. The zero-order chi connectivity index (χ0) is 13.8. The summed E-state index contributed by atoms with van der Waals surface area (Å²) in [6.07, 6.45) is 0. The van der Waals surface area contributed by atoms with Crippen molar-refractivity contribution in [3.8, 4) is 0 Å². The van der Waals surface area contributed by atoms with Crippen LogP contribution in [0.15, 0.2) is 35.1 Å². The number of carbonyl (C=O) groups is 1. The molecule has 0 aliphatic carbocycles. The number of nitrogens with zero attached hydrogens (tertiary/aromatic N) is 1. The molecule has 100 valence electrons. The fourth-order valence-electron chi connectivity index (χ4n) is 2.09. The van der Waals surface area contributed by atoms with E-state index in [9.17, 15) is 9.59 Å². The summed E-state index contributed by atoms with van der Waals surface area (Å²) < 4.78 is 1.47. The van der Waals surface area contributed by atoms with Gasteiger partial charge in [-0.2, -0.15) is 0 Å². The van der Waals surface area contributed by atoms with E-state index in [1.54, 1.807) is 6.07 Å². The molecule has 0 saturated carbocycles. The first-order valence-corrected chi connectivity index (χ1v) is 6.25. The first-order valence-electron chi connectivity index (χ1n) is 6.25. The second-order valence-electron chi connectivity index (χ2n) is 4.28. The summed E-state index contributed by atoms with van der Waals surface area (Å²) in [5, 5.41) is 3.60. The van der Waals surface area contributed by atoms with Crippen LogP contribution in [0.4, 0.5) is 0 Å². The fraction of sp³-hybridized carbons (Fsp3) is 0.286. The number of fused-ring (bicyclic) bond motifs is 1. The predicted octanol–water partition coefficient (Wildman–Crippen LogP) is 0.596. The largest absolute Gasteiger partial charge is 0.355 e. The lowest BCUT2D eigenvalue weighted by Crippen LogP contribution is -2.34. The molecule has 1 aromatic heterocycles. The zero-order valence-electron chi connectivity index (χ0n) is 10.8. The van der Waals surface area contributed by atoms with Gasteiger partial charge in [-0.15, -0.1) is 0 Å². The van der Waals surface area contributed by atoms with Crippen molar-refractivity contribution in [3.63, 3.8) is 0 Å². The van der Waals surface area contributed by atoms with E-state index in [1.807, 2.05) is 31.2 Å². The number of nitrogens with one attached hydrogen (secondary N) is 1. The molecule has 0 saturated heterocycles. The third-order valence-electron chi connectivity index (χ3n) is 2.97. The molecule has 3 N–H and O–H groups in total. The minimum Gasteiger partial charge on any atom is -0.355 e. The van der Waals surface area contributed by atoms with Gasteiger partial charge in [0.25, 0.3) is 5.56 Å². The van der Waals surface area contributed by atoms with Gasteiger partial charge >= 0.3 is 0 Å². The molecule has 2 aromatic rings. The first-order chi connectivity index (χ1) is 9.17. The van der Waals surface area contributed by atoms with Crippen LogP contribution in [-0.2, 0) is 17.9 Å². The van der Waals surface area contributed by atoms with Gasteiger partial charge in [-0.3, -0.25) is 14.2 Å². The van der Waals surface area contributed by atoms with Crippen molar-refractivity contribution >= 4 is 16.8 Å². The molecule has 1 amide bonds. The molecular weight excluding hydrogens is 242 g/mol. The number of benzene rings is 1. The molecule has 1 heterocycles. The molecule has 0 spiro atoms. The van der Waals surface area contributed by atoms with Gasteiger partial charge in [-0.25, -0.2) is 0 Å². The van der Waals surface area contributed by atoms with Crippen LogP contribution in [0.3, 0.4) is 0 Å². The lowest BCUT2D eigenvalue weighted by Gasteiger charge is -2.12. The highest BCUT2D eigenvalue weighted by Crippen LogP contribution is 2.13. The summed E-state index contributed by atoms with van der Waals surface area (Å²) in [6.45, 7) is 2.57. The molecule has 0 atom stereocenters. The molecule has 5 nitrogen and oxygen atoms in total. The Kier molecular flexibility index (Phi) is 3.97. The molecule has 0 fully saturated rings. The lowest BCUT2D eigenvalue weighted by molar-refractivity contribution is -0.121. The monoisotopic (exact) mass is 259 g/mol. The van der Waals surface area contributed by atoms with Crippen LogP contribution < -0.4 is 16.6 Å². The second-order valence-corrected chi connectivity index (χ2v) is 4.28. The number of para-hydroxylation sites is 1. The number of aromatic nitrogens is 1. The van der Waals surface area contributed by atoms with Crippen molar-refractivity contribution in [3.05, 3.63) is 46.2 Å². The van der Waals surface area contributed by atoms with Crippen molar-refractivity contribution in [2.75, 3.05) is 6.54 Å². The number of hydrogen-bond donors (Lipinski definition) is 2. The number of amides is 1. The minimum absolute atomic E-state index is 0.0149. The Morgan fingerprint density at radius 3 is 2.79 bits per heavy atom. The van der Waals surface area contributed by atoms with E-state index in [1.165, 1.54) is 4.57 Å². The summed E-state index contributed by atoms with van der Waals surface area (Å²) in [7, 11) is 0. The maximum absolute atomic E-state index is 12.3. The van der Waals surface area contributed by atoms with E-state index in [-0.39, 0.29) is 24.6 Å². The van der Waals surface area contributed by atoms with E-state index in [2.05, 4.69) is 5.32 Å². The summed E-state index contributed by atoms with van der Waals surface area (Å²) in [4.78, 5) is 24.0. The highest BCUT2D eigenvalue weighted by Gasteiger charge is 2.10. The second kappa shape index (κ2) is 5.67. The maximum atomic E-state index is 12.3. The molecule has 0 bridgehead atoms. The lowest BCUT2D eigenvalue weighted by atomic mass is 10.1. The summed E-state index contributed by atoms with van der Waals surface area (Å²) >= 11 is 0. The van der Waals surface area contributed by atoms with Gasteiger partial charge in [0.05, 0.1) is 5.52 Å². The molecule has 19 heavy (non-hydrogen) atoms. The van der Waals surface area contributed by atoms with Crippen LogP contribution >= 0.6 is 0 Å². The van der Waals surface area contributed by atoms with Crippen molar-refractivity contribution in [2.45, 2.75) is 20.0 Å². The Hall–Kier alpha value is -2.14. The quantitative estimate of drug-likeness (QED) is 0.844. The number of pyridine rings is 1. The highest BCUT2D eigenvalue weighted by atomic mass is 16.2. The number of likely N-dealkylation sites (N-methyl/N-ethyl adjacent to an activating group) is 1. The van der Waals surface area contributed by atoms with Gasteiger partial charge < -0.3 is 11.1 Å². The topological polar surface area (TPSA) is 77.1 Å². The third kappa shape index (κ3) is 2.66. The third-order valence-corrected chi connectivity index (χ3v) is 2.97. The average Bonchev–Trinajstić information content (AvgIpc) is 2.42. The number of hydrogen-bond acceptors (Lipinski definition) is 3. The van der Waals surface area contributed by atoms with Crippen LogP contribution in [0, 0.1) is 0 Å². The van der Waals surface area contributed by atoms with E-state index >= 15 is 0 Å². The van der Waals surface area contributed by atoms with Gasteiger partial charge in [0.15, 0.2) is 0 Å². The number of carbonyl (C=O) groups excluding carboxylic acids is 1. The van der Waals surface area contributed by atoms with Crippen LogP contribution in [0.2, 0.25) is 0 Å². The molecular formula is C14H17N3O2.